The number of fused-ring (bicyclic) bond motifs is 3. The number of nitrogens with one attached hydrogen (secondary N) is 1. The average Bonchev–Trinajstić information content (AvgIpc) is 3.14. The fourth-order valence-corrected chi connectivity index (χ4v) is 6.21. The van der Waals surface area contributed by atoms with E-state index >= 15 is 0 Å². The van der Waals surface area contributed by atoms with Gasteiger partial charge in [0.1, 0.15) is 23.8 Å². The van der Waals surface area contributed by atoms with Crippen LogP contribution < -0.4 is 20.3 Å². The summed E-state index contributed by atoms with van der Waals surface area (Å²) in [6.07, 6.45) is 3.77. The number of nitrogens with zero attached hydrogens (tertiary/aromatic N) is 3. The molecule has 4 heterocycles. The summed E-state index contributed by atoms with van der Waals surface area (Å²) < 4.78 is 37.6. The molecule has 2 N–H and O–H groups in total. The molecule has 9 nitrogen and oxygen atoms in total. The zero-order chi connectivity index (χ0) is 27.4. The lowest BCUT2D eigenvalue weighted by Gasteiger charge is -2.41. The fourth-order valence-electron chi connectivity index (χ4n) is 6.21. The van der Waals surface area contributed by atoms with Crippen molar-refractivity contribution < 1.29 is 28.2 Å². The van der Waals surface area contributed by atoms with Gasteiger partial charge in [-0.05, 0) is 81.6 Å². The molecule has 1 aromatic carbocycles. The summed E-state index contributed by atoms with van der Waals surface area (Å²) in [6.45, 7) is 1.22. The highest BCUT2D eigenvalue weighted by Gasteiger charge is 2.48. The molecule has 11 heteroatoms. The molecule has 2 fully saturated rings. The van der Waals surface area contributed by atoms with Crippen LogP contribution in [-0.2, 0) is 10.2 Å². The molecule has 6 rings (SSSR count). The normalized spacial score (nSPS) is 24.0. The van der Waals surface area contributed by atoms with E-state index in [0.29, 0.717) is 74.6 Å². The third kappa shape index (κ3) is 4.74. The van der Waals surface area contributed by atoms with E-state index in [1.54, 1.807) is 35.9 Å². The van der Waals surface area contributed by atoms with E-state index in [4.69, 9.17) is 4.74 Å². The van der Waals surface area contributed by atoms with Crippen molar-refractivity contribution >= 4 is 22.6 Å². The minimum Gasteiger partial charge on any atom is -0.491 e. The number of alkyl halides is 2. The first-order valence-electron chi connectivity index (χ1n) is 13.1. The van der Waals surface area contributed by atoms with E-state index in [1.165, 1.54) is 12.1 Å². The summed E-state index contributed by atoms with van der Waals surface area (Å²) in [7, 11) is 0. The summed E-state index contributed by atoms with van der Waals surface area (Å²) in [5.41, 5.74) is 0.306. The van der Waals surface area contributed by atoms with Crippen LogP contribution in [0.15, 0.2) is 47.4 Å². The van der Waals surface area contributed by atoms with Crippen molar-refractivity contribution in [2.24, 2.45) is 0 Å². The van der Waals surface area contributed by atoms with Gasteiger partial charge in [-0.25, -0.2) is 4.98 Å². The van der Waals surface area contributed by atoms with E-state index in [-0.39, 0.29) is 23.3 Å². The molecule has 0 unspecified atom stereocenters. The number of halogens is 2. The Labute approximate surface area is 223 Å². The number of carbonyl (C=O) groups is 1. The molecule has 3 aromatic rings. The first kappa shape index (κ1) is 25.7. The van der Waals surface area contributed by atoms with E-state index in [1.807, 2.05) is 6.07 Å². The predicted octanol–water partition coefficient (Wildman–Crippen LogP) is 3.45. The molecule has 2 aromatic heterocycles. The van der Waals surface area contributed by atoms with Gasteiger partial charge in [0.15, 0.2) is 0 Å². The summed E-state index contributed by atoms with van der Waals surface area (Å²) >= 11 is 0. The van der Waals surface area contributed by atoms with Gasteiger partial charge < -0.3 is 19.9 Å². The van der Waals surface area contributed by atoms with Gasteiger partial charge in [0.2, 0.25) is 5.91 Å². The molecule has 1 saturated carbocycles. The molecule has 206 valence electrons. The van der Waals surface area contributed by atoms with Crippen LogP contribution in [0.3, 0.4) is 0 Å². The van der Waals surface area contributed by atoms with Gasteiger partial charge in [0.25, 0.3) is 5.56 Å². The average molecular weight is 541 g/mol. The quantitative estimate of drug-likeness (QED) is 0.473. The second-order valence-corrected chi connectivity index (χ2v) is 11.0. The van der Waals surface area contributed by atoms with Gasteiger partial charge in [-0.2, -0.15) is 8.78 Å². The van der Waals surface area contributed by atoms with Crippen LogP contribution in [0.25, 0.3) is 11.0 Å². The highest BCUT2D eigenvalue weighted by molar-refractivity contribution is 6.06. The van der Waals surface area contributed by atoms with Crippen molar-refractivity contribution in [1.29, 1.82) is 0 Å². The number of aliphatic hydroxyl groups is 1. The van der Waals surface area contributed by atoms with Crippen LogP contribution in [0, 0.1) is 0 Å². The lowest BCUT2D eigenvalue weighted by Crippen LogP contribution is -2.47. The summed E-state index contributed by atoms with van der Waals surface area (Å²) in [5.74, 6) is 0.544. The number of carbonyl (C=O) groups excluding carboxylic acids is 1. The van der Waals surface area contributed by atoms with E-state index < -0.39 is 17.6 Å². The molecule has 0 radical (unpaired) electrons. The van der Waals surface area contributed by atoms with Crippen LogP contribution in [-0.4, -0.2) is 63.9 Å². The first-order valence-corrected chi connectivity index (χ1v) is 13.1. The maximum Gasteiger partial charge on any atom is 0.387 e. The molecule has 3 aliphatic rings. The van der Waals surface area contributed by atoms with Crippen LogP contribution in [0.5, 0.6) is 11.5 Å². The van der Waals surface area contributed by atoms with Crippen molar-refractivity contribution in [3.05, 3.63) is 58.5 Å². The number of ether oxygens (including phenoxy) is 2. The van der Waals surface area contributed by atoms with Gasteiger partial charge in [-0.15, -0.1) is 0 Å². The van der Waals surface area contributed by atoms with Gasteiger partial charge in [-0.3, -0.25) is 19.1 Å². The Morgan fingerprint density at radius 2 is 1.90 bits per heavy atom. The largest absolute Gasteiger partial charge is 0.491 e. The Hall–Kier alpha value is -3.57. The molecule has 1 aliphatic carbocycles. The maximum absolute atomic E-state index is 12.9. The number of likely N-dealkylation sites (tertiary alicyclic amines) is 1. The number of piperidine rings is 1. The zero-order valence-electron chi connectivity index (χ0n) is 21.5. The van der Waals surface area contributed by atoms with Crippen LogP contribution in [0.2, 0.25) is 0 Å². The highest BCUT2D eigenvalue weighted by atomic mass is 19.3. The third-order valence-corrected chi connectivity index (χ3v) is 8.26. The Morgan fingerprint density at radius 3 is 2.62 bits per heavy atom. The SMILES string of the molecule is CC1(O)CC(n2c(=O)ccc3cc(OCCN4CCC5(CC4)C(=O)Nc4ccc(OC(F)F)cc45)cnc32)C1. The number of benzene rings is 1. The Morgan fingerprint density at radius 1 is 1.13 bits per heavy atom. The molecule has 1 saturated heterocycles. The number of rotatable bonds is 7. The predicted molar refractivity (Wildman–Crippen MR) is 139 cm³/mol. The topological polar surface area (TPSA) is 106 Å². The molecule has 0 bridgehead atoms. The van der Waals surface area contributed by atoms with E-state index in [0.717, 1.165) is 5.39 Å². The second kappa shape index (κ2) is 9.56. The van der Waals surface area contributed by atoms with Gasteiger partial charge in [-0.1, -0.05) is 0 Å². The summed E-state index contributed by atoms with van der Waals surface area (Å²) in [4.78, 5) is 32.1. The van der Waals surface area contributed by atoms with Crippen molar-refractivity contribution in [2.75, 3.05) is 31.6 Å². The van der Waals surface area contributed by atoms with Gasteiger partial charge >= 0.3 is 6.61 Å². The first-order chi connectivity index (χ1) is 18.6. The minimum atomic E-state index is -2.92. The molecule has 2 aliphatic heterocycles. The lowest BCUT2D eigenvalue weighted by atomic mass is 9.73. The molecule has 39 heavy (non-hydrogen) atoms. The smallest absolute Gasteiger partial charge is 0.387 e. The number of anilines is 1. The molecular formula is C28H30F2N4O5. The summed E-state index contributed by atoms with van der Waals surface area (Å²) in [6, 6.07) is 9.65. The van der Waals surface area contributed by atoms with Crippen molar-refractivity contribution in [3.8, 4) is 11.5 Å². The molecular weight excluding hydrogens is 510 g/mol. The number of hydrogen-bond acceptors (Lipinski definition) is 7. The molecule has 1 spiro atoms. The van der Waals surface area contributed by atoms with Crippen LogP contribution >= 0.6 is 0 Å². The molecule has 0 atom stereocenters. The van der Waals surface area contributed by atoms with Gasteiger partial charge in [0, 0.05) is 29.7 Å². The van der Waals surface area contributed by atoms with Crippen LogP contribution in [0.1, 0.15) is 44.2 Å². The third-order valence-electron chi connectivity index (χ3n) is 8.26. The summed E-state index contributed by atoms with van der Waals surface area (Å²) in [5, 5.41) is 13.8. The maximum atomic E-state index is 12.9. The number of aromatic nitrogens is 2. The Balaban J connectivity index is 1.07. The van der Waals surface area contributed by atoms with Crippen molar-refractivity contribution in [3.63, 3.8) is 0 Å². The van der Waals surface area contributed by atoms with Crippen molar-refractivity contribution in [1.82, 2.24) is 14.5 Å². The lowest BCUT2D eigenvalue weighted by molar-refractivity contribution is -0.122. The van der Waals surface area contributed by atoms with Crippen molar-refractivity contribution in [2.45, 2.75) is 56.3 Å². The number of amides is 1. The standard InChI is InChI=1S/C28H30F2N4O5/c1-27(37)14-18(15-27)34-23(35)5-2-17-12-20(16-31-24(17)34)38-11-10-33-8-6-28(7-9-33)21-13-19(39-26(29)30)3-4-22(21)32-25(28)36/h2-5,12-13,16,18,26,37H,6-11,14-15H2,1H3,(H,32,36). The number of pyridine rings is 2. The second-order valence-electron chi connectivity index (χ2n) is 11.0. The zero-order valence-corrected chi connectivity index (χ0v) is 21.5. The Kier molecular flexibility index (Phi) is 6.30. The highest BCUT2D eigenvalue weighted by Crippen LogP contribution is 2.46. The van der Waals surface area contributed by atoms with Gasteiger partial charge in [0.05, 0.1) is 17.2 Å². The number of hydrogen-bond donors (Lipinski definition) is 2. The fraction of sp³-hybridized carbons (Fsp3) is 0.464. The van der Waals surface area contributed by atoms with E-state index in [2.05, 4.69) is 19.9 Å². The van der Waals surface area contributed by atoms with E-state index in [9.17, 15) is 23.5 Å². The monoisotopic (exact) mass is 540 g/mol. The molecule has 1 amide bonds. The van der Waals surface area contributed by atoms with Crippen LogP contribution in [0.4, 0.5) is 14.5 Å². The minimum absolute atomic E-state index is 0.0519. The Bertz CT molecular complexity index is 1470.